The second-order valence-corrected chi connectivity index (χ2v) is 9.27. The Hall–Kier alpha value is -4.11. The zero-order valence-electron chi connectivity index (χ0n) is 18.4. The molecule has 2 N–H and O–H groups in total. The number of hydrogen-bond donors (Lipinski definition) is 2. The Kier molecular flexibility index (Phi) is 6.38. The first-order valence-corrected chi connectivity index (χ1v) is 11.9. The largest absolute Gasteiger partial charge is 0.484 e. The van der Waals surface area contributed by atoms with Crippen LogP contribution >= 0.6 is 0 Å². The summed E-state index contributed by atoms with van der Waals surface area (Å²) in [7, 11) is -4.01. The Bertz CT molecular complexity index is 1410. The second kappa shape index (κ2) is 9.40. The van der Waals surface area contributed by atoms with Gasteiger partial charge in [-0.25, -0.2) is 18.2 Å². The molecule has 0 aliphatic rings. The third-order valence-corrected chi connectivity index (χ3v) is 6.52. The zero-order valence-corrected chi connectivity index (χ0v) is 19.2. The number of aromatic nitrogens is 1. The van der Waals surface area contributed by atoms with Gasteiger partial charge in [-0.2, -0.15) is 0 Å². The molecule has 0 spiro atoms. The highest BCUT2D eigenvalue weighted by atomic mass is 32.2. The zero-order chi connectivity index (χ0) is 24.3. The van der Waals surface area contributed by atoms with Crippen molar-refractivity contribution >= 4 is 21.7 Å². The first-order chi connectivity index (χ1) is 16.2. The lowest BCUT2D eigenvalue weighted by molar-refractivity contribution is 0.0697. The van der Waals surface area contributed by atoms with Crippen LogP contribution in [-0.2, 0) is 10.0 Å². The molecule has 0 saturated heterocycles. The summed E-state index contributed by atoms with van der Waals surface area (Å²) in [5.74, 6) is -0.287. The van der Waals surface area contributed by atoms with Crippen LogP contribution < -0.4 is 9.46 Å². The smallest absolute Gasteiger partial charge is 0.338 e. The first-order valence-electron chi connectivity index (χ1n) is 10.4. The number of aryl methyl sites for hydroxylation is 1. The van der Waals surface area contributed by atoms with Gasteiger partial charge in [0.05, 0.1) is 16.1 Å². The summed E-state index contributed by atoms with van der Waals surface area (Å²) in [4.78, 5) is 16.0. The number of oxazole rings is 1. The fourth-order valence-electron chi connectivity index (χ4n) is 3.39. The summed E-state index contributed by atoms with van der Waals surface area (Å²) in [5.41, 5.74) is 1.80. The molecule has 8 nitrogen and oxygen atoms in total. The van der Waals surface area contributed by atoms with Crippen LogP contribution in [0.5, 0.6) is 5.75 Å². The molecular weight excluding hydrogens is 456 g/mol. The van der Waals surface area contributed by atoms with Crippen molar-refractivity contribution in [3.63, 3.8) is 0 Å². The molecule has 174 valence electrons. The van der Waals surface area contributed by atoms with Gasteiger partial charge in [0.15, 0.2) is 0 Å². The van der Waals surface area contributed by atoms with E-state index in [0.29, 0.717) is 22.9 Å². The molecule has 1 heterocycles. The molecule has 0 bridgehead atoms. The van der Waals surface area contributed by atoms with E-state index in [-0.39, 0.29) is 16.1 Å². The molecular formula is C25H22N2O6S. The highest BCUT2D eigenvalue weighted by Crippen LogP contribution is 2.27. The molecule has 0 aliphatic carbocycles. The number of sulfonamides is 1. The number of aromatic carboxylic acids is 1. The van der Waals surface area contributed by atoms with E-state index in [9.17, 15) is 18.3 Å². The van der Waals surface area contributed by atoms with Gasteiger partial charge in [0, 0.05) is 5.56 Å². The van der Waals surface area contributed by atoms with E-state index < -0.39 is 22.1 Å². The molecule has 1 aromatic heterocycles. The maximum absolute atomic E-state index is 12.8. The molecule has 0 saturated carbocycles. The van der Waals surface area contributed by atoms with Crippen molar-refractivity contribution in [1.82, 2.24) is 4.98 Å². The Labute approximate surface area is 196 Å². The lowest BCUT2D eigenvalue weighted by Crippen LogP contribution is -2.16. The van der Waals surface area contributed by atoms with Crippen molar-refractivity contribution in [2.45, 2.75) is 24.8 Å². The Morgan fingerprint density at radius 1 is 1.03 bits per heavy atom. The van der Waals surface area contributed by atoms with Crippen molar-refractivity contribution in [2.24, 2.45) is 0 Å². The fraction of sp³-hybridized carbons (Fsp3) is 0.120. The Morgan fingerprint density at radius 2 is 1.74 bits per heavy atom. The average molecular weight is 479 g/mol. The van der Waals surface area contributed by atoms with Gasteiger partial charge in [0.25, 0.3) is 10.0 Å². The number of anilines is 1. The third kappa shape index (κ3) is 4.94. The van der Waals surface area contributed by atoms with E-state index in [2.05, 4.69) is 9.71 Å². The van der Waals surface area contributed by atoms with Crippen LogP contribution in [0.3, 0.4) is 0 Å². The third-order valence-electron chi connectivity index (χ3n) is 5.14. The number of benzene rings is 3. The summed E-state index contributed by atoms with van der Waals surface area (Å²) in [6, 6.07) is 19.9. The molecule has 3 aromatic carbocycles. The van der Waals surface area contributed by atoms with E-state index in [1.807, 2.05) is 37.3 Å². The van der Waals surface area contributed by atoms with Crippen molar-refractivity contribution in [3.8, 4) is 17.2 Å². The van der Waals surface area contributed by atoms with Gasteiger partial charge in [0.2, 0.25) is 5.89 Å². The summed E-state index contributed by atoms with van der Waals surface area (Å²) in [5, 5.41) is 9.43. The summed E-state index contributed by atoms with van der Waals surface area (Å²) in [6.07, 6.45) is 1.09. The number of ether oxygens (including phenoxy) is 1. The molecule has 4 rings (SSSR count). The molecule has 4 aromatic rings. The van der Waals surface area contributed by atoms with Crippen molar-refractivity contribution in [3.05, 3.63) is 95.9 Å². The summed E-state index contributed by atoms with van der Waals surface area (Å²) >= 11 is 0. The van der Waals surface area contributed by atoms with E-state index in [1.54, 1.807) is 19.1 Å². The van der Waals surface area contributed by atoms with Crippen LogP contribution in [0.4, 0.5) is 5.69 Å². The van der Waals surface area contributed by atoms with Crippen molar-refractivity contribution < 1.29 is 27.5 Å². The molecule has 0 unspecified atom stereocenters. The number of carboxylic acid groups (broad SMARTS) is 1. The number of nitrogens with one attached hydrogen (secondary N) is 1. The van der Waals surface area contributed by atoms with E-state index >= 15 is 0 Å². The SMILES string of the molecule is Cc1cccc(NS(=O)(=O)c2ccc(O[C@@H](C)c3coc(-c4ccccc4)n3)cc2)c1C(=O)O. The van der Waals surface area contributed by atoms with Crippen LogP contribution in [0.2, 0.25) is 0 Å². The number of hydrogen-bond acceptors (Lipinski definition) is 6. The lowest BCUT2D eigenvalue weighted by Gasteiger charge is -2.14. The predicted molar refractivity (Wildman–Crippen MR) is 126 cm³/mol. The topological polar surface area (TPSA) is 119 Å². The van der Waals surface area contributed by atoms with Crippen molar-refractivity contribution in [2.75, 3.05) is 4.72 Å². The van der Waals surface area contributed by atoms with Gasteiger partial charge in [-0.15, -0.1) is 0 Å². The van der Waals surface area contributed by atoms with Gasteiger partial charge in [-0.05, 0) is 61.9 Å². The standard InChI is InChI=1S/C25H22N2O6S/c1-16-7-6-10-21(23(16)25(28)29)27-34(30,31)20-13-11-19(12-14-20)33-17(2)22-15-32-24(26-22)18-8-4-3-5-9-18/h3-15,17,27H,1-2H3,(H,28,29)/t17-/m0/s1. The fourth-order valence-corrected chi connectivity index (χ4v) is 4.46. The van der Waals surface area contributed by atoms with Gasteiger partial charge < -0.3 is 14.3 Å². The number of rotatable bonds is 8. The van der Waals surface area contributed by atoms with Crippen LogP contribution in [0.25, 0.3) is 11.5 Å². The predicted octanol–water partition coefficient (Wildman–Crippen LogP) is 5.29. The number of nitrogens with zero attached hydrogens (tertiary/aromatic N) is 1. The Balaban J connectivity index is 1.48. The minimum atomic E-state index is -4.01. The molecule has 0 radical (unpaired) electrons. The normalized spacial score (nSPS) is 12.2. The average Bonchev–Trinajstić information content (AvgIpc) is 3.30. The highest BCUT2D eigenvalue weighted by molar-refractivity contribution is 7.92. The number of carboxylic acids is 1. The highest BCUT2D eigenvalue weighted by Gasteiger charge is 2.20. The molecule has 9 heteroatoms. The van der Waals surface area contributed by atoms with Crippen LogP contribution in [0.15, 0.2) is 88.4 Å². The maximum Gasteiger partial charge on any atom is 0.338 e. The molecule has 0 fully saturated rings. The number of carbonyl (C=O) groups is 1. The van der Waals surface area contributed by atoms with E-state index in [0.717, 1.165) is 5.56 Å². The molecule has 0 amide bonds. The van der Waals surface area contributed by atoms with Gasteiger partial charge in [0.1, 0.15) is 23.8 Å². The summed E-state index contributed by atoms with van der Waals surface area (Å²) < 4.78 is 39.4. The van der Waals surface area contributed by atoms with Crippen LogP contribution in [0.1, 0.15) is 34.6 Å². The first kappa shape index (κ1) is 23.1. The second-order valence-electron chi connectivity index (χ2n) is 7.58. The lowest BCUT2D eigenvalue weighted by atomic mass is 10.1. The molecule has 34 heavy (non-hydrogen) atoms. The van der Waals surface area contributed by atoms with Gasteiger partial charge >= 0.3 is 5.97 Å². The van der Waals surface area contributed by atoms with Crippen LogP contribution in [0, 0.1) is 6.92 Å². The minimum absolute atomic E-state index is 0.00158. The van der Waals surface area contributed by atoms with Crippen LogP contribution in [-0.4, -0.2) is 24.5 Å². The quantitative estimate of drug-likeness (QED) is 0.353. The maximum atomic E-state index is 12.8. The van der Waals surface area contributed by atoms with Gasteiger partial charge in [-0.3, -0.25) is 4.72 Å². The minimum Gasteiger partial charge on any atom is -0.484 e. The van der Waals surface area contributed by atoms with E-state index in [1.165, 1.54) is 36.6 Å². The Morgan fingerprint density at radius 3 is 2.41 bits per heavy atom. The van der Waals surface area contributed by atoms with Crippen molar-refractivity contribution in [1.29, 1.82) is 0 Å². The molecule has 0 aliphatic heterocycles. The summed E-state index contributed by atoms with van der Waals surface area (Å²) in [6.45, 7) is 3.41. The molecule has 1 atom stereocenters. The van der Waals surface area contributed by atoms with Gasteiger partial charge in [-0.1, -0.05) is 30.3 Å². The monoisotopic (exact) mass is 478 g/mol. The van der Waals surface area contributed by atoms with E-state index in [4.69, 9.17) is 9.15 Å².